The molecule has 2 N–H and O–H groups in total. The van der Waals surface area contributed by atoms with Gasteiger partial charge in [0.1, 0.15) is 0 Å². The summed E-state index contributed by atoms with van der Waals surface area (Å²) in [5, 5.41) is 4.62. The summed E-state index contributed by atoms with van der Waals surface area (Å²) in [5.41, 5.74) is 5.09. The molecule has 0 aliphatic heterocycles. The van der Waals surface area contributed by atoms with Gasteiger partial charge in [-0.2, -0.15) is 0 Å². The second kappa shape index (κ2) is 9.77. The predicted molar refractivity (Wildman–Crippen MR) is 127 cm³/mol. The molecule has 170 valence electrons. The summed E-state index contributed by atoms with van der Waals surface area (Å²) >= 11 is 0. The molecule has 0 saturated heterocycles. The largest absolute Gasteiger partial charge is 0.469 e. The average Bonchev–Trinajstić information content (AvgIpc) is 3.26. The Morgan fingerprint density at radius 2 is 1.73 bits per heavy atom. The van der Waals surface area contributed by atoms with Crippen LogP contribution in [0, 0.1) is 5.92 Å². The smallest absolute Gasteiger partial charge is 0.336 e. The Bertz CT molecular complexity index is 1220. The maximum Gasteiger partial charge on any atom is 0.336 e. The Morgan fingerprint density at radius 3 is 2.45 bits per heavy atom. The van der Waals surface area contributed by atoms with Crippen molar-refractivity contribution in [3.8, 4) is 0 Å². The quantitative estimate of drug-likeness (QED) is 0.532. The van der Waals surface area contributed by atoms with E-state index in [-0.39, 0.29) is 5.97 Å². The molecule has 0 radical (unpaired) electrons. The molecule has 1 aromatic heterocycles. The first-order chi connectivity index (χ1) is 16.0. The summed E-state index contributed by atoms with van der Waals surface area (Å²) in [6.45, 7) is 2.51. The van der Waals surface area contributed by atoms with Crippen molar-refractivity contribution in [1.82, 2.24) is 10.3 Å². The maximum absolute atomic E-state index is 13.0. The van der Waals surface area contributed by atoms with E-state index in [4.69, 9.17) is 9.47 Å². The van der Waals surface area contributed by atoms with Crippen molar-refractivity contribution >= 4 is 22.8 Å². The lowest BCUT2D eigenvalue weighted by atomic mass is 9.73. The lowest BCUT2D eigenvalue weighted by Crippen LogP contribution is -2.35. The van der Waals surface area contributed by atoms with Gasteiger partial charge in [0.15, 0.2) is 0 Å². The molecule has 2 aromatic carbocycles. The molecule has 0 bridgehead atoms. The Balaban J connectivity index is 1.69. The molecule has 1 heterocycles. The van der Waals surface area contributed by atoms with Gasteiger partial charge >= 0.3 is 11.9 Å². The second-order valence-electron chi connectivity index (χ2n) is 8.13. The van der Waals surface area contributed by atoms with Gasteiger partial charge in [-0.05, 0) is 36.6 Å². The van der Waals surface area contributed by atoms with E-state index in [0.29, 0.717) is 17.8 Å². The number of methoxy groups -OCH3 is 2. The number of allylic oxidation sites excluding steroid dienone is 1. The molecule has 2 atom stereocenters. The molecule has 0 fully saturated rings. The number of para-hydroxylation sites is 1. The highest BCUT2D eigenvalue weighted by molar-refractivity contribution is 5.95. The molecular weight excluding hydrogens is 416 g/mol. The van der Waals surface area contributed by atoms with Crippen molar-refractivity contribution in [1.29, 1.82) is 0 Å². The monoisotopic (exact) mass is 444 g/mol. The second-order valence-corrected chi connectivity index (χ2v) is 8.13. The van der Waals surface area contributed by atoms with Crippen LogP contribution in [0.3, 0.4) is 0 Å². The molecule has 4 rings (SSSR count). The van der Waals surface area contributed by atoms with Crippen LogP contribution in [0.4, 0.5) is 0 Å². The Kier molecular flexibility index (Phi) is 6.63. The molecule has 33 heavy (non-hydrogen) atoms. The fourth-order valence-corrected chi connectivity index (χ4v) is 4.62. The fraction of sp³-hybridized carbons (Fsp3) is 0.259. The molecule has 0 amide bonds. The summed E-state index contributed by atoms with van der Waals surface area (Å²) in [5.74, 6) is -1.95. The van der Waals surface area contributed by atoms with Crippen LogP contribution < -0.4 is 5.32 Å². The molecule has 1 aliphatic rings. The Morgan fingerprint density at radius 1 is 1.00 bits per heavy atom. The number of carbonyl (C=O) groups excluding carboxylic acids is 2. The lowest BCUT2D eigenvalue weighted by Gasteiger charge is -2.33. The van der Waals surface area contributed by atoms with Gasteiger partial charge in [-0.3, -0.25) is 4.79 Å². The van der Waals surface area contributed by atoms with E-state index in [0.717, 1.165) is 23.1 Å². The number of fused-ring (bicyclic) bond motifs is 1. The highest BCUT2D eigenvalue weighted by Crippen LogP contribution is 2.42. The zero-order valence-corrected chi connectivity index (χ0v) is 19.1. The van der Waals surface area contributed by atoms with E-state index in [9.17, 15) is 9.59 Å². The van der Waals surface area contributed by atoms with E-state index in [1.54, 1.807) is 0 Å². The van der Waals surface area contributed by atoms with Crippen LogP contribution in [-0.4, -0.2) is 37.7 Å². The number of carbonyl (C=O) groups is 2. The molecule has 1 aliphatic carbocycles. The lowest BCUT2D eigenvalue weighted by molar-refractivity contribution is -0.145. The van der Waals surface area contributed by atoms with Gasteiger partial charge in [0.05, 0.1) is 25.7 Å². The molecule has 6 heteroatoms. The summed E-state index contributed by atoms with van der Waals surface area (Å²) < 4.78 is 10.3. The summed E-state index contributed by atoms with van der Waals surface area (Å²) in [6, 6.07) is 17.7. The van der Waals surface area contributed by atoms with Gasteiger partial charge in [0, 0.05) is 35.3 Å². The van der Waals surface area contributed by atoms with Crippen LogP contribution in [0.5, 0.6) is 0 Å². The highest BCUT2D eigenvalue weighted by Gasteiger charge is 2.41. The third-order valence-electron chi connectivity index (χ3n) is 6.20. The van der Waals surface area contributed by atoms with Crippen molar-refractivity contribution in [3.05, 3.63) is 94.8 Å². The van der Waals surface area contributed by atoms with Gasteiger partial charge < -0.3 is 19.8 Å². The first-order valence-corrected chi connectivity index (χ1v) is 11.0. The van der Waals surface area contributed by atoms with E-state index in [2.05, 4.69) is 22.4 Å². The number of rotatable bonds is 7. The van der Waals surface area contributed by atoms with Gasteiger partial charge in [0.25, 0.3) is 0 Å². The van der Waals surface area contributed by atoms with Crippen molar-refractivity contribution in [3.63, 3.8) is 0 Å². The van der Waals surface area contributed by atoms with Crippen molar-refractivity contribution in [2.24, 2.45) is 5.92 Å². The zero-order valence-electron chi connectivity index (χ0n) is 19.1. The highest BCUT2D eigenvalue weighted by atomic mass is 16.5. The van der Waals surface area contributed by atoms with Crippen molar-refractivity contribution < 1.29 is 19.1 Å². The third-order valence-corrected chi connectivity index (χ3v) is 6.20. The van der Waals surface area contributed by atoms with Crippen molar-refractivity contribution in [2.45, 2.75) is 19.3 Å². The number of nitrogens with one attached hydrogen (secondary N) is 2. The zero-order chi connectivity index (χ0) is 23.4. The van der Waals surface area contributed by atoms with Crippen LogP contribution in [0.15, 0.2) is 83.7 Å². The van der Waals surface area contributed by atoms with Gasteiger partial charge in [0.2, 0.25) is 0 Å². The summed E-state index contributed by atoms with van der Waals surface area (Å²) in [6.07, 6.45) is 4.65. The minimum absolute atomic E-state index is 0.378. The first kappa shape index (κ1) is 22.4. The van der Waals surface area contributed by atoms with Crippen LogP contribution >= 0.6 is 0 Å². The Hall–Kier alpha value is -3.80. The van der Waals surface area contributed by atoms with Crippen LogP contribution in [0.25, 0.3) is 10.9 Å². The normalized spacial score (nSPS) is 18.1. The van der Waals surface area contributed by atoms with Gasteiger partial charge in [-0.15, -0.1) is 0 Å². The molecule has 3 aromatic rings. The predicted octanol–water partition coefficient (Wildman–Crippen LogP) is 4.26. The number of esters is 2. The van der Waals surface area contributed by atoms with Crippen LogP contribution in [0.1, 0.15) is 24.0 Å². The van der Waals surface area contributed by atoms with Gasteiger partial charge in [-0.25, -0.2) is 4.79 Å². The molecular formula is C27H28N2O4. The Labute approximate surface area is 193 Å². The molecule has 0 unspecified atom stereocenters. The van der Waals surface area contributed by atoms with E-state index >= 15 is 0 Å². The maximum atomic E-state index is 13.0. The number of aromatic nitrogens is 1. The van der Waals surface area contributed by atoms with E-state index in [1.807, 2.05) is 61.7 Å². The number of benzene rings is 2. The van der Waals surface area contributed by atoms with Crippen LogP contribution in [-0.2, 0) is 25.5 Å². The number of hydrogen-bond donors (Lipinski definition) is 2. The average molecular weight is 445 g/mol. The fourth-order valence-electron chi connectivity index (χ4n) is 4.62. The minimum atomic E-state index is -0.606. The summed E-state index contributed by atoms with van der Waals surface area (Å²) in [7, 11) is 2.73. The molecule has 6 nitrogen and oxygen atoms in total. The summed E-state index contributed by atoms with van der Waals surface area (Å²) in [4.78, 5) is 29.0. The number of hydrogen-bond acceptors (Lipinski definition) is 5. The molecule has 0 saturated carbocycles. The topological polar surface area (TPSA) is 80.4 Å². The van der Waals surface area contributed by atoms with Crippen LogP contribution in [0.2, 0.25) is 0 Å². The molecule has 0 spiro atoms. The van der Waals surface area contributed by atoms with E-state index < -0.39 is 17.8 Å². The van der Waals surface area contributed by atoms with Crippen molar-refractivity contribution in [2.75, 3.05) is 20.8 Å². The standard InChI is InChI=1S/C27H28N2O4/c1-17-15-22(28-14-13-19-16-29-21-12-8-7-11-20(19)21)25(27(31)33-3)24(23(17)26(30)32-2)18-9-5-4-6-10-18/h4-12,15-16,23-24,28-29H,13-14H2,1-3H3/t23-,24+/m0/s1. The SMILES string of the molecule is COC(=O)C1=C(NCCc2c[nH]c3ccccc23)C=C(C)[C@H](C(=O)OC)[C@H]1c1ccccc1. The van der Waals surface area contributed by atoms with Gasteiger partial charge in [-0.1, -0.05) is 54.1 Å². The number of ether oxygens (including phenoxy) is 2. The first-order valence-electron chi connectivity index (χ1n) is 11.0. The number of aromatic amines is 1. The minimum Gasteiger partial charge on any atom is -0.469 e. The number of H-pyrrole nitrogens is 1. The third kappa shape index (κ3) is 4.42. The van der Waals surface area contributed by atoms with E-state index in [1.165, 1.54) is 25.2 Å².